The highest BCUT2D eigenvalue weighted by Gasteiger charge is 2.03. The van der Waals surface area contributed by atoms with Gasteiger partial charge in [0.15, 0.2) is 0 Å². The lowest BCUT2D eigenvalue weighted by Crippen LogP contribution is -2.25. The van der Waals surface area contributed by atoms with Gasteiger partial charge in [-0.25, -0.2) is 5.10 Å². The summed E-state index contributed by atoms with van der Waals surface area (Å²) < 4.78 is 0.510. The lowest BCUT2D eigenvalue weighted by atomic mass is 10.3. The number of halogens is 1. The Kier molecular flexibility index (Phi) is 6.21. The summed E-state index contributed by atoms with van der Waals surface area (Å²) in [7, 11) is 0. The Bertz CT molecular complexity index is 389. The second kappa shape index (κ2) is 7.45. The fraction of sp³-hybridized carbons (Fsp3) is 0.636. The number of anilines is 1. The van der Waals surface area contributed by atoms with Gasteiger partial charge in [0.1, 0.15) is 4.47 Å². The highest BCUT2D eigenvalue weighted by molar-refractivity contribution is 9.10. The molecule has 0 saturated heterocycles. The number of hydrogen-bond donors (Lipinski definition) is 2. The minimum atomic E-state index is -0.209. The zero-order valence-electron chi connectivity index (χ0n) is 10.3. The van der Waals surface area contributed by atoms with Crippen molar-refractivity contribution in [1.82, 2.24) is 15.1 Å². The van der Waals surface area contributed by atoms with E-state index in [1.807, 2.05) is 0 Å². The Morgan fingerprint density at radius 2 is 2.18 bits per heavy atom. The third kappa shape index (κ3) is 4.47. The summed E-state index contributed by atoms with van der Waals surface area (Å²) in [5.74, 6) is 0. The number of aromatic amines is 1. The standard InChI is InChI=1S/C11H19BrN4O/c1-3-16(4-2)7-5-6-13-9-8-14-15-11(17)10(9)12/h8H,3-7H2,1-2H3,(H2,13,15,17). The first-order valence-electron chi connectivity index (χ1n) is 5.88. The van der Waals surface area contributed by atoms with E-state index in [0.717, 1.165) is 38.3 Å². The van der Waals surface area contributed by atoms with E-state index in [-0.39, 0.29) is 5.56 Å². The summed E-state index contributed by atoms with van der Waals surface area (Å²) in [6.45, 7) is 8.37. The second-order valence-corrected chi connectivity index (χ2v) is 4.53. The van der Waals surface area contributed by atoms with E-state index < -0.39 is 0 Å². The fourth-order valence-corrected chi connectivity index (χ4v) is 1.90. The van der Waals surface area contributed by atoms with Crippen LogP contribution in [0.25, 0.3) is 0 Å². The number of hydrogen-bond acceptors (Lipinski definition) is 4. The van der Waals surface area contributed by atoms with Crippen LogP contribution < -0.4 is 10.9 Å². The van der Waals surface area contributed by atoms with Crippen molar-refractivity contribution in [2.75, 3.05) is 31.5 Å². The van der Waals surface area contributed by atoms with Crippen LogP contribution >= 0.6 is 15.9 Å². The summed E-state index contributed by atoms with van der Waals surface area (Å²) >= 11 is 3.23. The van der Waals surface area contributed by atoms with Crippen LogP contribution in [0.3, 0.4) is 0 Å². The highest BCUT2D eigenvalue weighted by atomic mass is 79.9. The van der Waals surface area contributed by atoms with Gasteiger partial charge in [0.05, 0.1) is 11.9 Å². The first kappa shape index (κ1) is 14.2. The van der Waals surface area contributed by atoms with Gasteiger partial charge in [-0.15, -0.1) is 0 Å². The van der Waals surface area contributed by atoms with Gasteiger partial charge in [-0.2, -0.15) is 5.10 Å². The van der Waals surface area contributed by atoms with Crippen LogP contribution in [0, 0.1) is 0 Å². The maximum Gasteiger partial charge on any atom is 0.280 e. The molecule has 0 fully saturated rings. The Balaban J connectivity index is 2.36. The molecule has 0 atom stereocenters. The van der Waals surface area contributed by atoms with Crippen molar-refractivity contribution in [3.05, 3.63) is 21.0 Å². The maximum absolute atomic E-state index is 11.3. The summed E-state index contributed by atoms with van der Waals surface area (Å²) in [5.41, 5.74) is 0.534. The molecule has 0 bridgehead atoms. The minimum absolute atomic E-state index is 0.209. The maximum atomic E-state index is 11.3. The average molecular weight is 303 g/mol. The summed E-state index contributed by atoms with van der Waals surface area (Å²) in [6.07, 6.45) is 2.66. The van der Waals surface area contributed by atoms with Gasteiger partial charge in [0.2, 0.25) is 0 Å². The van der Waals surface area contributed by atoms with Crippen LogP contribution in [0.4, 0.5) is 5.69 Å². The van der Waals surface area contributed by atoms with E-state index >= 15 is 0 Å². The Morgan fingerprint density at radius 3 is 2.82 bits per heavy atom. The molecule has 0 aromatic carbocycles. The van der Waals surface area contributed by atoms with Crippen molar-refractivity contribution < 1.29 is 0 Å². The molecule has 96 valence electrons. The second-order valence-electron chi connectivity index (χ2n) is 3.73. The SMILES string of the molecule is CCN(CC)CCCNc1cn[nH]c(=O)c1Br. The van der Waals surface area contributed by atoms with E-state index in [1.54, 1.807) is 6.20 Å². The van der Waals surface area contributed by atoms with Crippen molar-refractivity contribution in [2.24, 2.45) is 0 Å². The lowest BCUT2D eigenvalue weighted by molar-refractivity contribution is 0.303. The summed E-state index contributed by atoms with van der Waals surface area (Å²) in [4.78, 5) is 13.6. The van der Waals surface area contributed by atoms with Crippen LogP contribution in [0.15, 0.2) is 15.5 Å². The van der Waals surface area contributed by atoms with Gasteiger partial charge in [0.25, 0.3) is 5.56 Å². The van der Waals surface area contributed by atoms with Crippen LogP contribution in [-0.4, -0.2) is 41.3 Å². The number of rotatable bonds is 7. The van der Waals surface area contributed by atoms with Gasteiger partial charge in [0, 0.05) is 6.54 Å². The first-order chi connectivity index (χ1) is 8.19. The molecule has 6 heteroatoms. The Hall–Kier alpha value is -0.880. The first-order valence-corrected chi connectivity index (χ1v) is 6.67. The van der Waals surface area contributed by atoms with Gasteiger partial charge in [-0.3, -0.25) is 4.79 Å². The van der Waals surface area contributed by atoms with Crippen LogP contribution in [0.2, 0.25) is 0 Å². The fourth-order valence-electron chi connectivity index (χ4n) is 1.57. The molecule has 1 heterocycles. The lowest BCUT2D eigenvalue weighted by Gasteiger charge is -2.17. The third-order valence-corrected chi connectivity index (χ3v) is 3.44. The van der Waals surface area contributed by atoms with E-state index in [9.17, 15) is 4.79 Å². The highest BCUT2D eigenvalue weighted by Crippen LogP contribution is 2.14. The molecule has 0 aliphatic heterocycles. The molecule has 2 N–H and O–H groups in total. The molecule has 0 saturated carbocycles. The number of H-pyrrole nitrogens is 1. The monoisotopic (exact) mass is 302 g/mol. The van der Waals surface area contributed by atoms with Crippen molar-refractivity contribution in [3.63, 3.8) is 0 Å². The molecule has 0 spiro atoms. The molecule has 1 aromatic rings. The summed E-state index contributed by atoms with van der Waals surface area (Å²) in [5, 5.41) is 9.32. The van der Waals surface area contributed by atoms with E-state index in [2.05, 4.69) is 50.2 Å². The predicted octanol–water partition coefficient (Wildman–Crippen LogP) is 1.68. The number of nitrogens with one attached hydrogen (secondary N) is 2. The largest absolute Gasteiger partial charge is 0.383 e. The normalized spacial score (nSPS) is 10.8. The topological polar surface area (TPSA) is 61.0 Å². The van der Waals surface area contributed by atoms with E-state index in [0.29, 0.717) is 4.47 Å². The van der Waals surface area contributed by atoms with Crippen LogP contribution in [-0.2, 0) is 0 Å². The number of nitrogens with zero attached hydrogens (tertiary/aromatic N) is 2. The van der Waals surface area contributed by atoms with Gasteiger partial charge >= 0.3 is 0 Å². The van der Waals surface area contributed by atoms with Gasteiger partial charge in [-0.05, 0) is 42.0 Å². The Morgan fingerprint density at radius 1 is 1.47 bits per heavy atom. The van der Waals surface area contributed by atoms with Crippen molar-refractivity contribution in [3.8, 4) is 0 Å². The van der Waals surface area contributed by atoms with E-state index in [4.69, 9.17) is 0 Å². The molecule has 1 aromatic heterocycles. The third-order valence-electron chi connectivity index (χ3n) is 2.66. The molecule has 0 unspecified atom stereocenters. The molecular weight excluding hydrogens is 284 g/mol. The van der Waals surface area contributed by atoms with Gasteiger partial charge in [-0.1, -0.05) is 13.8 Å². The van der Waals surface area contributed by atoms with Gasteiger partial charge < -0.3 is 10.2 Å². The molecule has 0 aliphatic rings. The molecule has 0 aliphatic carbocycles. The number of aromatic nitrogens is 2. The quantitative estimate of drug-likeness (QED) is 0.752. The van der Waals surface area contributed by atoms with E-state index in [1.165, 1.54) is 0 Å². The molecule has 17 heavy (non-hydrogen) atoms. The van der Waals surface area contributed by atoms with Crippen LogP contribution in [0.5, 0.6) is 0 Å². The predicted molar refractivity (Wildman–Crippen MR) is 73.5 cm³/mol. The van der Waals surface area contributed by atoms with Crippen molar-refractivity contribution in [1.29, 1.82) is 0 Å². The zero-order chi connectivity index (χ0) is 12.7. The van der Waals surface area contributed by atoms with Crippen molar-refractivity contribution in [2.45, 2.75) is 20.3 Å². The molecule has 5 nitrogen and oxygen atoms in total. The molecule has 1 rings (SSSR count). The minimum Gasteiger partial charge on any atom is -0.383 e. The zero-order valence-corrected chi connectivity index (χ0v) is 11.9. The Labute approximate surface area is 110 Å². The van der Waals surface area contributed by atoms with Crippen molar-refractivity contribution >= 4 is 21.6 Å². The average Bonchev–Trinajstić information content (AvgIpc) is 2.34. The molecule has 0 radical (unpaired) electrons. The van der Waals surface area contributed by atoms with Crippen LogP contribution in [0.1, 0.15) is 20.3 Å². The smallest absolute Gasteiger partial charge is 0.280 e. The molecular formula is C11H19BrN4O. The summed E-state index contributed by atoms with van der Waals surface area (Å²) in [6, 6.07) is 0. The molecule has 0 amide bonds.